The smallest absolute Gasteiger partial charge is 0.335 e. The molecule has 6 rings (SSSR count). The third-order valence-corrected chi connectivity index (χ3v) is 7.46. The van der Waals surface area contributed by atoms with Gasteiger partial charge >= 0.3 is 5.97 Å². The van der Waals surface area contributed by atoms with Crippen molar-refractivity contribution in [1.29, 1.82) is 0 Å². The number of aromatic carboxylic acids is 1. The Morgan fingerprint density at radius 3 is 2.22 bits per heavy atom. The van der Waals surface area contributed by atoms with Crippen molar-refractivity contribution in [3.8, 4) is 28.4 Å². The maximum Gasteiger partial charge on any atom is 0.335 e. The summed E-state index contributed by atoms with van der Waals surface area (Å²) >= 11 is 6.56. The summed E-state index contributed by atoms with van der Waals surface area (Å²) in [5, 5.41) is 9.58. The molecule has 0 spiro atoms. The van der Waals surface area contributed by atoms with Crippen LogP contribution in [0.5, 0.6) is 6.01 Å². The van der Waals surface area contributed by atoms with Gasteiger partial charge in [0.15, 0.2) is 5.65 Å². The number of aromatic amines is 1. The Balaban J connectivity index is 1.15. The minimum absolute atomic E-state index is 0.0378. The second-order valence-corrected chi connectivity index (χ2v) is 10.0. The number of carbonyl (C=O) groups is 2. The molecule has 0 radical (unpaired) electrons. The van der Waals surface area contributed by atoms with Crippen molar-refractivity contribution in [1.82, 2.24) is 19.9 Å². The van der Waals surface area contributed by atoms with Crippen molar-refractivity contribution < 1.29 is 19.4 Å². The van der Waals surface area contributed by atoms with Gasteiger partial charge in [0.1, 0.15) is 6.10 Å². The lowest BCUT2D eigenvalue weighted by molar-refractivity contribution is -0.140. The fourth-order valence-electron chi connectivity index (χ4n) is 5.00. The summed E-state index contributed by atoms with van der Waals surface area (Å²) in [5.74, 6) is -0.650. The number of hydrogen-bond acceptors (Lipinski definition) is 5. The van der Waals surface area contributed by atoms with Crippen LogP contribution >= 0.6 is 11.6 Å². The van der Waals surface area contributed by atoms with E-state index in [0.29, 0.717) is 40.7 Å². The molecule has 1 aliphatic heterocycles. The number of carbonyl (C=O) groups excluding carboxylic acids is 1. The van der Waals surface area contributed by atoms with Gasteiger partial charge in [0.2, 0.25) is 5.91 Å². The van der Waals surface area contributed by atoms with Gasteiger partial charge in [-0.1, -0.05) is 48.0 Å². The number of nitrogens with one attached hydrogen (secondary N) is 1. The molecule has 9 heteroatoms. The number of ether oxygens (including phenoxy) is 1. The number of likely N-dealkylation sites (tertiary alicyclic amines) is 1. The lowest BCUT2D eigenvalue weighted by Gasteiger charge is -2.35. The maximum atomic E-state index is 12.5. The zero-order chi connectivity index (χ0) is 25.5. The van der Waals surface area contributed by atoms with Crippen LogP contribution in [0.3, 0.4) is 0 Å². The number of nitrogens with zero attached hydrogens (tertiary/aromatic N) is 3. The van der Waals surface area contributed by atoms with Crippen LogP contribution < -0.4 is 4.74 Å². The molecule has 2 aromatic heterocycles. The van der Waals surface area contributed by atoms with E-state index in [1.165, 1.54) is 0 Å². The molecule has 0 bridgehead atoms. The lowest BCUT2D eigenvalue weighted by Crippen LogP contribution is -2.44. The van der Waals surface area contributed by atoms with E-state index in [9.17, 15) is 9.59 Å². The molecule has 1 amide bonds. The summed E-state index contributed by atoms with van der Waals surface area (Å²) in [6.45, 7) is 1.75. The van der Waals surface area contributed by atoms with E-state index in [-0.39, 0.29) is 23.5 Å². The van der Waals surface area contributed by atoms with Crippen LogP contribution in [0.25, 0.3) is 33.5 Å². The van der Waals surface area contributed by atoms with Crippen molar-refractivity contribution >= 4 is 34.6 Å². The fraction of sp³-hybridized carbons (Fsp3) is 0.286. The molecule has 2 fully saturated rings. The standard InChI is InChI=1S/C28H25ClN4O4/c29-22-15-23-25(32-28(30-23)37-21-13-20(14-21)26(34)33-11-1-2-12-33)31-24(22)18-7-3-16(4-8-18)17-5-9-19(10-6-17)27(35)36/h3-10,15,20-21H,1-2,11-14H2,(H,35,36)(H,30,31,32). The molecule has 0 atom stereocenters. The number of imidazole rings is 1. The van der Waals surface area contributed by atoms with Gasteiger partial charge < -0.3 is 19.7 Å². The number of halogens is 1. The zero-order valence-electron chi connectivity index (χ0n) is 20.0. The first-order chi connectivity index (χ1) is 17.9. The Morgan fingerprint density at radius 2 is 1.57 bits per heavy atom. The second-order valence-electron chi connectivity index (χ2n) is 9.63. The van der Waals surface area contributed by atoms with E-state index in [2.05, 4.69) is 15.0 Å². The number of pyridine rings is 1. The van der Waals surface area contributed by atoms with Crippen LogP contribution in [0.2, 0.25) is 5.02 Å². The molecule has 188 valence electrons. The minimum Gasteiger partial charge on any atom is -0.478 e. The van der Waals surface area contributed by atoms with E-state index in [0.717, 1.165) is 42.6 Å². The minimum atomic E-state index is -0.950. The Kier molecular flexibility index (Phi) is 6.04. The molecule has 0 unspecified atom stereocenters. The topological polar surface area (TPSA) is 108 Å². The number of fused-ring (bicyclic) bond motifs is 1. The summed E-state index contributed by atoms with van der Waals surface area (Å²) in [5.41, 5.74) is 4.76. The van der Waals surface area contributed by atoms with Crippen LogP contribution in [0, 0.1) is 5.92 Å². The summed E-state index contributed by atoms with van der Waals surface area (Å²) < 4.78 is 5.99. The number of carboxylic acids is 1. The van der Waals surface area contributed by atoms with Crippen molar-refractivity contribution in [2.45, 2.75) is 31.8 Å². The predicted octanol–water partition coefficient (Wildman–Crippen LogP) is 5.42. The highest BCUT2D eigenvalue weighted by Crippen LogP contribution is 2.35. The first-order valence-electron chi connectivity index (χ1n) is 12.4. The predicted molar refractivity (Wildman–Crippen MR) is 140 cm³/mol. The van der Waals surface area contributed by atoms with Crippen molar-refractivity contribution in [3.63, 3.8) is 0 Å². The lowest BCUT2D eigenvalue weighted by atomic mass is 9.81. The van der Waals surface area contributed by atoms with Crippen molar-refractivity contribution in [2.75, 3.05) is 13.1 Å². The number of carboxylic acid groups (broad SMARTS) is 1. The van der Waals surface area contributed by atoms with Crippen LogP contribution in [0.1, 0.15) is 36.0 Å². The number of amides is 1. The number of rotatable bonds is 6. The maximum absolute atomic E-state index is 12.5. The normalized spacial score (nSPS) is 19.1. The van der Waals surface area contributed by atoms with E-state index < -0.39 is 5.97 Å². The molecular formula is C28H25ClN4O4. The monoisotopic (exact) mass is 516 g/mol. The number of benzene rings is 2. The zero-order valence-corrected chi connectivity index (χ0v) is 20.7. The third-order valence-electron chi connectivity index (χ3n) is 7.17. The molecule has 2 aliphatic rings. The third kappa shape index (κ3) is 4.64. The Bertz CT molecular complexity index is 1470. The van der Waals surface area contributed by atoms with Gasteiger partial charge in [-0.05, 0) is 55.0 Å². The van der Waals surface area contributed by atoms with Crippen LogP contribution in [0.4, 0.5) is 0 Å². The SMILES string of the molecule is O=C(O)c1ccc(-c2ccc(-c3nc4nc(OC5CC(C(=O)N6CCCC6)C5)[nH]c4cc3Cl)cc2)cc1. The van der Waals surface area contributed by atoms with Crippen LogP contribution in [-0.2, 0) is 4.79 Å². The van der Waals surface area contributed by atoms with Gasteiger partial charge in [-0.15, -0.1) is 0 Å². The molecule has 8 nitrogen and oxygen atoms in total. The van der Waals surface area contributed by atoms with Gasteiger partial charge in [-0.25, -0.2) is 9.78 Å². The summed E-state index contributed by atoms with van der Waals surface area (Å²) in [7, 11) is 0. The Labute approximate surface area is 218 Å². The highest BCUT2D eigenvalue weighted by molar-refractivity contribution is 6.33. The number of H-pyrrole nitrogens is 1. The highest BCUT2D eigenvalue weighted by atomic mass is 35.5. The van der Waals surface area contributed by atoms with Gasteiger partial charge in [-0.3, -0.25) is 4.79 Å². The molecular weight excluding hydrogens is 492 g/mol. The van der Waals surface area contributed by atoms with Crippen LogP contribution in [0.15, 0.2) is 54.6 Å². The number of hydrogen-bond donors (Lipinski definition) is 2. The average molecular weight is 517 g/mol. The van der Waals surface area contributed by atoms with Gasteiger partial charge in [0.05, 0.1) is 21.8 Å². The van der Waals surface area contributed by atoms with Gasteiger partial charge in [-0.2, -0.15) is 4.98 Å². The summed E-state index contributed by atoms with van der Waals surface area (Å²) in [4.78, 5) is 37.9. The van der Waals surface area contributed by atoms with Crippen molar-refractivity contribution in [3.05, 3.63) is 65.2 Å². The summed E-state index contributed by atoms with van der Waals surface area (Å²) in [6, 6.07) is 16.7. The molecule has 2 aromatic carbocycles. The average Bonchev–Trinajstić information content (AvgIpc) is 3.55. The quantitative estimate of drug-likeness (QED) is 0.354. The molecule has 2 N–H and O–H groups in total. The summed E-state index contributed by atoms with van der Waals surface area (Å²) in [6.07, 6.45) is 3.57. The molecule has 4 aromatic rings. The Morgan fingerprint density at radius 1 is 0.946 bits per heavy atom. The van der Waals surface area contributed by atoms with E-state index in [4.69, 9.17) is 21.4 Å². The Hall–Kier alpha value is -3.91. The molecule has 37 heavy (non-hydrogen) atoms. The molecule has 1 saturated heterocycles. The van der Waals surface area contributed by atoms with Gasteiger partial charge in [0.25, 0.3) is 6.01 Å². The highest BCUT2D eigenvalue weighted by Gasteiger charge is 2.39. The first kappa shape index (κ1) is 23.5. The molecule has 1 saturated carbocycles. The largest absolute Gasteiger partial charge is 0.478 e. The molecule has 1 aliphatic carbocycles. The van der Waals surface area contributed by atoms with Crippen molar-refractivity contribution in [2.24, 2.45) is 5.92 Å². The fourth-order valence-corrected chi connectivity index (χ4v) is 5.26. The molecule has 3 heterocycles. The van der Waals surface area contributed by atoms with E-state index in [1.54, 1.807) is 30.3 Å². The van der Waals surface area contributed by atoms with E-state index >= 15 is 0 Å². The van der Waals surface area contributed by atoms with Gasteiger partial charge in [0, 0.05) is 24.6 Å². The van der Waals surface area contributed by atoms with Crippen LogP contribution in [-0.4, -0.2) is 56.0 Å². The number of aromatic nitrogens is 3. The first-order valence-corrected chi connectivity index (χ1v) is 12.8. The second kappa shape index (κ2) is 9.52. The van der Waals surface area contributed by atoms with E-state index in [1.807, 2.05) is 29.2 Å².